The topological polar surface area (TPSA) is 56.3 Å². The Labute approximate surface area is 96.0 Å². The van der Waals surface area contributed by atoms with Crippen molar-refractivity contribution in [3.8, 4) is 0 Å². The minimum absolute atomic E-state index is 0.202. The number of fused-ring (bicyclic) bond motifs is 1. The molecule has 0 aliphatic heterocycles. The highest BCUT2D eigenvalue weighted by molar-refractivity contribution is 7.13. The Morgan fingerprint density at radius 2 is 2.25 bits per heavy atom. The van der Waals surface area contributed by atoms with Crippen LogP contribution in [0.3, 0.4) is 0 Å². The normalized spacial score (nSPS) is 10.3. The van der Waals surface area contributed by atoms with E-state index >= 15 is 0 Å². The summed E-state index contributed by atoms with van der Waals surface area (Å²) in [6.45, 7) is 1.87. The van der Waals surface area contributed by atoms with Crippen molar-refractivity contribution in [2.75, 3.05) is 6.61 Å². The molecule has 0 atom stereocenters. The zero-order valence-corrected chi connectivity index (χ0v) is 9.41. The summed E-state index contributed by atoms with van der Waals surface area (Å²) in [5, 5.41) is 0.963. The number of carbonyl (C=O) groups is 2. The molecule has 82 valence electrons. The van der Waals surface area contributed by atoms with Gasteiger partial charge in [0.05, 0.1) is 11.3 Å². The first-order valence-electron chi connectivity index (χ1n) is 4.78. The monoisotopic (exact) mass is 235 g/mol. The molecule has 0 bridgehead atoms. The van der Waals surface area contributed by atoms with Gasteiger partial charge in [-0.25, -0.2) is 4.79 Å². The van der Waals surface area contributed by atoms with E-state index in [4.69, 9.17) is 0 Å². The molecule has 0 amide bonds. The lowest BCUT2D eigenvalue weighted by Gasteiger charge is -2.00. The Balaban J connectivity index is 2.32. The maximum absolute atomic E-state index is 11.6. The van der Waals surface area contributed by atoms with Gasteiger partial charge in [0.25, 0.3) is 5.78 Å². The lowest BCUT2D eigenvalue weighted by molar-refractivity contribution is -0.137. The van der Waals surface area contributed by atoms with Crippen molar-refractivity contribution in [3.05, 3.63) is 30.0 Å². The zero-order chi connectivity index (χ0) is 11.5. The molecule has 16 heavy (non-hydrogen) atoms. The van der Waals surface area contributed by atoms with Crippen LogP contribution in [0, 0.1) is 0 Å². The third-order valence-electron chi connectivity index (χ3n) is 2.08. The molecule has 0 aliphatic carbocycles. The summed E-state index contributed by atoms with van der Waals surface area (Å²) in [7, 11) is 0. The molecule has 0 fully saturated rings. The lowest BCUT2D eigenvalue weighted by atomic mass is 10.1. The predicted octanol–water partition coefficient (Wildman–Crippen LogP) is 2.04. The number of Topliss-reactive ketones (excluding diaryl/α,β-unsaturated/α-hetero) is 1. The van der Waals surface area contributed by atoms with Crippen molar-refractivity contribution in [1.82, 2.24) is 4.37 Å². The van der Waals surface area contributed by atoms with Crippen LogP contribution in [0.15, 0.2) is 24.4 Å². The standard InChI is InChI=1S/C11H9NO3S/c1-2-15-11(14)10(13)7-3-4-8-6-12-16-9(8)5-7/h3-6H,2H2,1H3. The molecule has 2 aromatic rings. The Bertz CT molecular complexity index is 547. The quantitative estimate of drug-likeness (QED) is 0.464. The summed E-state index contributed by atoms with van der Waals surface area (Å²) in [5.74, 6) is -1.43. The number of ether oxygens (including phenoxy) is 1. The summed E-state index contributed by atoms with van der Waals surface area (Å²) >= 11 is 1.29. The van der Waals surface area contributed by atoms with Gasteiger partial charge in [-0.1, -0.05) is 12.1 Å². The molecule has 1 aromatic carbocycles. The second-order valence-electron chi connectivity index (χ2n) is 3.13. The third kappa shape index (κ3) is 1.94. The van der Waals surface area contributed by atoms with Gasteiger partial charge in [-0.3, -0.25) is 4.79 Å². The fourth-order valence-electron chi connectivity index (χ4n) is 1.32. The SMILES string of the molecule is CCOC(=O)C(=O)c1ccc2cnsc2c1. The largest absolute Gasteiger partial charge is 0.460 e. The molecule has 0 radical (unpaired) electrons. The number of carbonyl (C=O) groups excluding carboxylic acids is 2. The Morgan fingerprint density at radius 1 is 1.44 bits per heavy atom. The number of esters is 1. The van der Waals surface area contributed by atoms with Gasteiger partial charge >= 0.3 is 5.97 Å². The van der Waals surface area contributed by atoms with Crippen LogP contribution in [0.25, 0.3) is 10.1 Å². The molecular weight excluding hydrogens is 226 g/mol. The van der Waals surface area contributed by atoms with E-state index < -0.39 is 11.8 Å². The van der Waals surface area contributed by atoms with E-state index in [0.717, 1.165) is 10.1 Å². The zero-order valence-electron chi connectivity index (χ0n) is 8.60. The van der Waals surface area contributed by atoms with Gasteiger partial charge in [0.15, 0.2) is 0 Å². The van der Waals surface area contributed by atoms with Gasteiger partial charge < -0.3 is 4.74 Å². The van der Waals surface area contributed by atoms with Crippen LogP contribution < -0.4 is 0 Å². The highest BCUT2D eigenvalue weighted by Crippen LogP contribution is 2.19. The highest BCUT2D eigenvalue weighted by Gasteiger charge is 2.17. The van der Waals surface area contributed by atoms with Crippen LogP contribution in [0.1, 0.15) is 17.3 Å². The molecule has 0 saturated carbocycles. The van der Waals surface area contributed by atoms with Crippen molar-refractivity contribution in [3.63, 3.8) is 0 Å². The van der Waals surface area contributed by atoms with Gasteiger partial charge in [0, 0.05) is 17.1 Å². The Hall–Kier alpha value is -1.75. The van der Waals surface area contributed by atoms with E-state index in [0.29, 0.717) is 5.56 Å². The van der Waals surface area contributed by atoms with E-state index in [2.05, 4.69) is 9.11 Å². The van der Waals surface area contributed by atoms with Crippen molar-refractivity contribution in [2.45, 2.75) is 6.92 Å². The van der Waals surface area contributed by atoms with Gasteiger partial charge in [-0.05, 0) is 24.5 Å². The minimum Gasteiger partial charge on any atom is -0.460 e. The van der Waals surface area contributed by atoms with E-state index in [1.54, 1.807) is 31.3 Å². The first kappa shape index (κ1) is 10.8. The summed E-state index contributed by atoms with van der Waals surface area (Å²) in [6.07, 6.45) is 1.72. The second-order valence-corrected chi connectivity index (χ2v) is 3.96. The molecule has 1 aromatic heterocycles. The number of hydrogen-bond acceptors (Lipinski definition) is 5. The predicted molar refractivity (Wildman–Crippen MR) is 60.6 cm³/mol. The summed E-state index contributed by atoms with van der Waals surface area (Å²) in [6, 6.07) is 5.04. The van der Waals surface area contributed by atoms with Crippen molar-refractivity contribution >= 4 is 33.4 Å². The minimum atomic E-state index is -0.814. The molecule has 0 spiro atoms. The van der Waals surface area contributed by atoms with Gasteiger partial charge in [-0.15, -0.1) is 0 Å². The number of rotatable bonds is 3. The summed E-state index contributed by atoms with van der Waals surface area (Å²) in [4.78, 5) is 22.8. The molecule has 2 rings (SSSR count). The van der Waals surface area contributed by atoms with Crippen LogP contribution in [-0.2, 0) is 9.53 Å². The third-order valence-corrected chi connectivity index (χ3v) is 2.84. The molecule has 0 aliphatic rings. The van der Waals surface area contributed by atoms with E-state index in [9.17, 15) is 9.59 Å². The average Bonchev–Trinajstić information content (AvgIpc) is 2.75. The fraction of sp³-hybridized carbons (Fsp3) is 0.182. The van der Waals surface area contributed by atoms with Crippen molar-refractivity contribution < 1.29 is 14.3 Å². The smallest absolute Gasteiger partial charge is 0.379 e. The second kappa shape index (κ2) is 4.40. The first-order valence-corrected chi connectivity index (χ1v) is 5.55. The maximum Gasteiger partial charge on any atom is 0.379 e. The van der Waals surface area contributed by atoms with E-state index in [1.807, 2.05) is 0 Å². The number of hydrogen-bond donors (Lipinski definition) is 0. The van der Waals surface area contributed by atoms with E-state index in [-0.39, 0.29) is 6.61 Å². The van der Waals surface area contributed by atoms with Gasteiger partial charge in [-0.2, -0.15) is 4.37 Å². The van der Waals surface area contributed by atoms with Crippen molar-refractivity contribution in [2.24, 2.45) is 0 Å². The van der Waals surface area contributed by atoms with Crippen LogP contribution >= 0.6 is 11.5 Å². The highest BCUT2D eigenvalue weighted by atomic mass is 32.1. The Kier molecular flexibility index (Phi) is 2.96. The maximum atomic E-state index is 11.6. The number of aromatic nitrogens is 1. The number of ketones is 1. The van der Waals surface area contributed by atoms with Gasteiger partial charge in [0.1, 0.15) is 0 Å². The van der Waals surface area contributed by atoms with E-state index in [1.165, 1.54) is 11.5 Å². The summed E-state index contributed by atoms with van der Waals surface area (Å²) in [5.41, 5.74) is 0.343. The molecule has 5 heteroatoms. The molecule has 4 nitrogen and oxygen atoms in total. The molecule has 0 unspecified atom stereocenters. The van der Waals surface area contributed by atoms with Crippen LogP contribution in [0.5, 0.6) is 0 Å². The van der Waals surface area contributed by atoms with Gasteiger partial charge in [0.2, 0.25) is 0 Å². The number of nitrogens with zero attached hydrogens (tertiary/aromatic N) is 1. The Morgan fingerprint density at radius 3 is 3.00 bits per heavy atom. The molecule has 0 N–H and O–H groups in total. The first-order chi connectivity index (χ1) is 7.72. The lowest BCUT2D eigenvalue weighted by Crippen LogP contribution is -2.17. The van der Waals surface area contributed by atoms with Crippen LogP contribution in [-0.4, -0.2) is 22.7 Å². The fourth-order valence-corrected chi connectivity index (χ4v) is 2.00. The van der Waals surface area contributed by atoms with Crippen LogP contribution in [0.2, 0.25) is 0 Å². The van der Waals surface area contributed by atoms with Crippen molar-refractivity contribution in [1.29, 1.82) is 0 Å². The molecular formula is C11H9NO3S. The van der Waals surface area contributed by atoms with Crippen LogP contribution in [0.4, 0.5) is 0 Å². The summed E-state index contributed by atoms with van der Waals surface area (Å²) < 4.78 is 9.53. The molecule has 0 saturated heterocycles. The number of benzene rings is 1. The molecule has 1 heterocycles. The average molecular weight is 235 g/mol.